The van der Waals surface area contributed by atoms with Gasteiger partial charge in [-0.25, -0.2) is 0 Å². The fraction of sp³-hybridized carbons (Fsp3) is 1.00. The van der Waals surface area contributed by atoms with Gasteiger partial charge >= 0.3 is 0 Å². The molecule has 3 nitrogen and oxygen atoms in total. The molecule has 0 radical (unpaired) electrons. The van der Waals surface area contributed by atoms with Crippen molar-refractivity contribution in [3.8, 4) is 0 Å². The molecule has 0 aliphatic carbocycles. The number of aliphatic hydroxyl groups excluding tert-OH is 2. The van der Waals surface area contributed by atoms with Crippen molar-refractivity contribution in [1.82, 2.24) is 5.32 Å². The summed E-state index contributed by atoms with van der Waals surface area (Å²) in [6.45, 7) is 0.962. The van der Waals surface area contributed by atoms with Gasteiger partial charge in [0.1, 0.15) is 0 Å². The topological polar surface area (TPSA) is 52.5 Å². The Morgan fingerprint density at radius 2 is 2.20 bits per heavy atom. The van der Waals surface area contributed by atoms with Crippen molar-refractivity contribution in [3.63, 3.8) is 0 Å². The van der Waals surface area contributed by atoms with Crippen molar-refractivity contribution in [3.05, 3.63) is 0 Å². The third-order valence-electron chi connectivity index (χ3n) is 1.69. The van der Waals surface area contributed by atoms with Crippen LogP contribution in [0.15, 0.2) is 0 Å². The van der Waals surface area contributed by atoms with Crippen LogP contribution in [0.25, 0.3) is 0 Å². The molecule has 0 unspecified atom stereocenters. The van der Waals surface area contributed by atoms with Crippen LogP contribution < -0.4 is 5.32 Å². The van der Waals surface area contributed by atoms with E-state index in [0.29, 0.717) is 6.42 Å². The van der Waals surface area contributed by atoms with E-state index in [-0.39, 0.29) is 31.2 Å². The van der Waals surface area contributed by atoms with E-state index in [4.69, 9.17) is 10.2 Å². The lowest BCUT2D eigenvalue weighted by Gasteiger charge is -2.25. The zero-order chi connectivity index (χ0) is 6.69. The highest BCUT2D eigenvalue weighted by atomic mass is 35.5. The minimum Gasteiger partial charge on any atom is -0.395 e. The normalized spacial score (nSPS) is 33.0. The summed E-state index contributed by atoms with van der Waals surface area (Å²) in [5, 5.41) is 20.8. The summed E-state index contributed by atoms with van der Waals surface area (Å²) >= 11 is 0. The van der Waals surface area contributed by atoms with E-state index in [9.17, 15) is 0 Å². The Bertz CT molecular complexity index is 91.8. The van der Waals surface area contributed by atoms with E-state index in [1.807, 2.05) is 0 Å². The van der Waals surface area contributed by atoms with Crippen LogP contribution in [0.1, 0.15) is 12.8 Å². The fourth-order valence-electron chi connectivity index (χ4n) is 1.12. The van der Waals surface area contributed by atoms with Crippen LogP contribution in [0.4, 0.5) is 0 Å². The van der Waals surface area contributed by atoms with Gasteiger partial charge in [-0.15, -0.1) is 12.4 Å². The molecule has 0 aromatic heterocycles. The van der Waals surface area contributed by atoms with Crippen LogP contribution in [0, 0.1) is 0 Å². The van der Waals surface area contributed by atoms with Crippen LogP contribution in [0.3, 0.4) is 0 Å². The third kappa shape index (κ3) is 2.84. The maximum Gasteiger partial charge on any atom is 0.0585 e. The Morgan fingerprint density at radius 1 is 1.50 bits per heavy atom. The van der Waals surface area contributed by atoms with E-state index in [2.05, 4.69) is 5.32 Å². The van der Waals surface area contributed by atoms with Crippen molar-refractivity contribution in [2.24, 2.45) is 0 Å². The molecule has 62 valence electrons. The summed E-state index contributed by atoms with van der Waals surface area (Å²) in [7, 11) is 0. The molecule has 0 aromatic carbocycles. The molecule has 1 saturated heterocycles. The number of rotatable bonds is 1. The molecule has 2 atom stereocenters. The zero-order valence-corrected chi connectivity index (χ0v) is 6.60. The average molecular weight is 168 g/mol. The highest BCUT2D eigenvalue weighted by Crippen LogP contribution is 2.06. The molecular formula is C6H14ClNO2. The van der Waals surface area contributed by atoms with Gasteiger partial charge in [0.25, 0.3) is 0 Å². The van der Waals surface area contributed by atoms with Crippen molar-refractivity contribution in [1.29, 1.82) is 0 Å². The largest absolute Gasteiger partial charge is 0.395 e. The minimum atomic E-state index is -0.205. The molecule has 4 heteroatoms. The molecule has 0 aromatic rings. The molecule has 0 spiro atoms. The standard InChI is InChI=1S/C6H13NO2.ClH/c8-4-5-3-6(9)1-2-7-5;/h5-9H,1-4H2;1H/t5-,6+;/m1./s1. The van der Waals surface area contributed by atoms with Crippen LogP contribution in [-0.2, 0) is 0 Å². The molecule has 1 heterocycles. The number of halogens is 1. The molecule has 1 aliphatic heterocycles. The van der Waals surface area contributed by atoms with Gasteiger partial charge in [-0.3, -0.25) is 0 Å². The summed E-state index contributed by atoms with van der Waals surface area (Å²) in [4.78, 5) is 0. The summed E-state index contributed by atoms with van der Waals surface area (Å²) in [6.07, 6.45) is 1.30. The lowest BCUT2D eigenvalue weighted by molar-refractivity contribution is 0.0956. The molecule has 3 N–H and O–H groups in total. The minimum absolute atomic E-state index is 0. The maximum atomic E-state index is 9.06. The Balaban J connectivity index is 0.000000810. The van der Waals surface area contributed by atoms with Gasteiger partial charge in [-0.05, 0) is 19.4 Å². The van der Waals surface area contributed by atoms with Crippen LogP contribution in [0.5, 0.6) is 0 Å². The fourth-order valence-corrected chi connectivity index (χ4v) is 1.12. The first-order valence-corrected chi connectivity index (χ1v) is 3.35. The quantitative estimate of drug-likeness (QED) is 0.494. The molecule has 1 rings (SSSR count). The Morgan fingerprint density at radius 3 is 2.60 bits per heavy atom. The summed E-state index contributed by atoms with van der Waals surface area (Å²) < 4.78 is 0. The Kier molecular flexibility index (Phi) is 4.99. The second-order valence-electron chi connectivity index (χ2n) is 2.51. The van der Waals surface area contributed by atoms with E-state index in [1.165, 1.54) is 0 Å². The summed E-state index contributed by atoms with van der Waals surface area (Å²) in [5.74, 6) is 0. The van der Waals surface area contributed by atoms with Crippen molar-refractivity contribution in [2.45, 2.75) is 25.0 Å². The van der Waals surface area contributed by atoms with Gasteiger partial charge in [-0.1, -0.05) is 0 Å². The van der Waals surface area contributed by atoms with Crippen LogP contribution in [0.2, 0.25) is 0 Å². The predicted octanol–water partition coefficient (Wildman–Crippen LogP) is -0.487. The molecular weight excluding hydrogens is 154 g/mol. The SMILES string of the molecule is Cl.OC[C@H]1C[C@@H](O)CCN1. The van der Waals surface area contributed by atoms with Crippen molar-refractivity contribution in [2.75, 3.05) is 13.2 Å². The first kappa shape index (κ1) is 10.2. The Labute approximate surface area is 66.8 Å². The maximum absolute atomic E-state index is 9.06. The monoisotopic (exact) mass is 167 g/mol. The molecule has 0 bridgehead atoms. The third-order valence-corrected chi connectivity index (χ3v) is 1.69. The first-order valence-electron chi connectivity index (χ1n) is 3.35. The molecule has 0 saturated carbocycles. The van der Waals surface area contributed by atoms with E-state index in [0.717, 1.165) is 13.0 Å². The summed E-state index contributed by atoms with van der Waals surface area (Å²) in [5.41, 5.74) is 0. The van der Waals surface area contributed by atoms with Gasteiger partial charge in [0, 0.05) is 6.04 Å². The van der Waals surface area contributed by atoms with Gasteiger partial charge in [0.15, 0.2) is 0 Å². The van der Waals surface area contributed by atoms with Crippen LogP contribution in [-0.4, -0.2) is 35.5 Å². The molecule has 10 heavy (non-hydrogen) atoms. The lowest BCUT2D eigenvalue weighted by Crippen LogP contribution is -2.42. The Hall–Kier alpha value is 0.170. The highest BCUT2D eigenvalue weighted by molar-refractivity contribution is 5.85. The number of aliphatic hydroxyl groups is 2. The second kappa shape index (κ2) is 4.91. The number of piperidine rings is 1. The highest BCUT2D eigenvalue weighted by Gasteiger charge is 2.17. The first-order chi connectivity index (χ1) is 4.33. The van der Waals surface area contributed by atoms with E-state index in [1.54, 1.807) is 0 Å². The van der Waals surface area contributed by atoms with Crippen LogP contribution >= 0.6 is 12.4 Å². The van der Waals surface area contributed by atoms with Gasteiger partial charge in [-0.2, -0.15) is 0 Å². The summed E-state index contributed by atoms with van der Waals surface area (Å²) in [6, 6.07) is 0.119. The van der Waals surface area contributed by atoms with Crippen molar-refractivity contribution >= 4 is 12.4 Å². The second-order valence-corrected chi connectivity index (χ2v) is 2.51. The molecule has 1 fully saturated rings. The number of hydrogen-bond donors (Lipinski definition) is 3. The number of nitrogens with one attached hydrogen (secondary N) is 1. The average Bonchev–Trinajstić information content (AvgIpc) is 1.88. The van der Waals surface area contributed by atoms with Gasteiger partial charge in [0.2, 0.25) is 0 Å². The predicted molar refractivity (Wildman–Crippen MR) is 41.4 cm³/mol. The van der Waals surface area contributed by atoms with Gasteiger partial charge in [0.05, 0.1) is 12.7 Å². The number of hydrogen-bond acceptors (Lipinski definition) is 3. The van der Waals surface area contributed by atoms with E-state index >= 15 is 0 Å². The van der Waals surface area contributed by atoms with Gasteiger partial charge < -0.3 is 15.5 Å². The van der Waals surface area contributed by atoms with Crippen molar-refractivity contribution < 1.29 is 10.2 Å². The smallest absolute Gasteiger partial charge is 0.0585 e. The lowest BCUT2D eigenvalue weighted by atomic mass is 10.0. The molecule has 1 aliphatic rings. The zero-order valence-electron chi connectivity index (χ0n) is 5.79. The molecule has 0 amide bonds. The van der Waals surface area contributed by atoms with E-state index < -0.39 is 0 Å².